The minimum Gasteiger partial charge on any atom is -0.338 e. The molecule has 1 aromatic carbocycles. The van der Waals surface area contributed by atoms with Crippen molar-refractivity contribution >= 4 is 17.5 Å². The Morgan fingerprint density at radius 2 is 2.00 bits per heavy atom. The van der Waals surface area contributed by atoms with Crippen LogP contribution in [0.25, 0.3) is 0 Å². The predicted octanol–water partition coefficient (Wildman–Crippen LogP) is 1.87. The lowest BCUT2D eigenvalue weighted by molar-refractivity contribution is -0.140. The van der Waals surface area contributed by atoms with Crippen LogP contribution in [0.2, 0.25) is 0 Å². The Kier molecular flexibility index (Phi) is 4.90. The number of carbonyl (C=O) groups is 2. The highest BCUT2D eigenvalue weighted by atomic mass is 16.2. The van der Waals surface area contributed by atoms with Gasteiger partial charge in [-0.15, -0.1) is 0 Å². The number of likely N-dealkylation sites (N-methyl/N-ethyl adjacent to an activating group) is 1. The highest BCUT2D eigenvalue weighted by molar-refractivity contribution is 6.09. The van der Waals surface area contributed by atoms with E-state index in [9.17, 15) is 9.59 Å². The van der Waals surface area contributed by atoms with E-state index in [0.717, 1.165) is 31.6 Å². The first-order chi connectivity index (χ1) is 11.5. The minimum atomic E-state index is -0.510. The Bertz CT molecular complexity index is 643. The number of anilines is 1. The first-order valence-corrected chi connectivity index (χ1v) is 8.86. The summed E-state index contributed by atoms with van der Waals surface area (Å²) in [5.41, 5.74) is 3.29. The lowest BCUT2D eigenvalue weighted by Crippen LogP contribution is -2.45. The van der Waals surface area contributed by atoms with Gasteiger partial charge in [-0.25, -0.2) is 0 Å². The third-order valence-electron chi connectivity index (χ3n) is 5.41. The largest absolute Gasteiger partial charge is 0.338 e. The van der Waals surface area contributed by atoms with E-state index in [1.54, 1.807) is 4.90 Å². The molecular weight excluding hydrogens is 302 g/mol. The molecule has 1 N–H and O–H groups in total. The Morgan fingerprint density at radius 1 is 1.21 bits per heavy atom. The SMILES string of the molecule is CNC[C@H]1CCCN1C(=O)[C@@H]1CCN(c2ccc(C)c(C)c2)C1=O. The summed E-state index contributed by atoms with van der Waals surface area (Å²) in [6.07, 6.45) is 2.67. The number of aryl methyl sites for hydroxylation is 2. The number of rotatable bonds is 4. The molecule has 24 heavy (non-hydrogen) atoms. The van der Waals surface area contributed by atoms with Crippen LogP contribution in [0.3, 0.4) is 0 Å². The molecule has 5 heteroatoms. The van der Waals surface area contributed by atoms with Crippen LogP contribution in [0.1, 0.15) is 30.4 Å². The van der Waals surface area contributed by atoms with Gasteiger partial charge in [0.1, 0.15) is 5.92 Å². The maximum Gasteiger partial charge on any atom is 0.239 e. The zero-order valence-electron chi connectivity index (χ0n) is 14.8. The number of nitrogens with one attached hydrogen (secondary N) is 1. The van der Waals surface area contributed by atoms with Crippen molar-refractivity contribution in [1.82, 2.24) is 10.2 Å². The molecule has 0 radical (unpaired) electrons. The summed E-state index contributed by atoms with van der Waals surface area (Å²) >= 11 is 0. The molecule has 5 nitrogen and oxygen atoms in total. The fourth-order valence-electron chi connectivity index (χ4n) is 3.83. The van der Waals surface area contributed by atoms with Crippen molar-refractivity contribution in [2.24, 2.45) is 5.92 Å². The molecule has 2 atom stereocenters. The van der Waals surface area contributed by atoms with Crippen LogP contribution in [-0.4, -0.2) is 49.4 Å². The van der Waals surface area contributed by atoms with E-state index in [1.807, 2.05) is 30.1 Å². The molecule has 2 aliphatic rings. The summed E-state index contributed by atoms with van der Waals surface area (Å²) in [6, 6.07) is 6.29. The van der Waals surface area contributed by atoms with Gasteiger partial charge in [-0.2, -0.15) is 0 Å². The molecule has 0 aliphatic carbocycles. The Morgan fingerprint density at radius 3 is 2.71 bits per heavy atom. The fraction of sp³-hybridized carbons (Fsp3) is 0.579. The molecule has 3 rings (SSSR count). The van der Waals surface area contributed by atoms with Crippen LogP contribution in [0.15, 0.2) is 18.2 Å². The van der Waals surface area contributed by atoms with E-state index in [-0.39, 0.29) is 17.9 Å². The van der Waals surface area contributed by atoms with E-state index < -0.39 is 5.92 Å². The fourth-order valence-corrected chi connectivity index (χ4v) is 3.83. The van der Waals surface area contributed by atoms with Crippen LogP contribution in [0.4, 0.5) is 5.69 Å². The molecule has 2 heterocycles. The van der Waals surface area contributed by atoms with Crippen LogP contribution in [-0.2, 0) is 9.59 Å². The standard InChI is InChI=1S/C19H27N3O2/c1-13-6-7-15(11-14(13)2)22-10-8-17(19(22)24)18(23)21-9-4-5-16(21)12-20-3/h6-7,11,16-17,20H,4-5,8-10,12H2,1-3H3/t16-,17+/m1/s1. The van der Waals surface area contributed by atoms with Crippen molar-refractivity contribution in [3.63, 3.8) is 0 Å². The third-order valence-corrected chi connectivity index (χ3v) is 5.41. The van der Waals surface area contributed by atoms with Gasteiger partial charge in [0.25, 0.3) is 0 Å². The third kappa shape index (κ3) is 3.05. The van der Waals surface area contributed by atoms with Gasteiger partial charge in [-0.3, -0.25) is 9.59 Å². The van der Waals surface area contributed by atoms with Crippen LogP contribution in [0, 0.1) is 19.8 Å². The van der Waals surface area contributed by atoms with Gasteiger partial charge in [-0.1, -0.05) is 6.07 Å². The van der Waals surface area contributed by atoms with E-state index in [1.165, 1.54) is 11.1 Å². The lowest BCUT2D eigenvalue weighted by atomic mass is 10.1. The van der Waals surface area contributed by atoms with Gasteiger partial charge in [0.2, 0.25) is 11.8 Å². The molecule has 0 unspecified atom stereocenters. The molecule has 2 fully saturated rings. The molecule has 2 saturated heterocycles. The maximum atomic E-state index is 12.9. The number of likely N-dealkylation sites (tertiary alicyclic amines) is 1. The number of carbonyl (C=O) groups excluding carboxylic acids is 2. The smallest absolute Gasteiger partial charge is 0.239 e. The lowest BCUT2D eigenvalue weighted by Gasteiger charge is -2.27. The molecule has 130 valence electrons. The maximum absolute atomic E-state index is 12.9. The highest BCUT2D eigenvalue weighted by Crippen LogP contribution is 2.30. The topological polar surface area (TPSA) is 52.7 Å². The van der Waals surface area contributed by atoms with Gasteiger partial charge >= 0.3 is 0 Å². The van der Waals surface area contributed by atoms with Gasteiger partial charge < -0.3 is 15.1 Å². The van der Waals surface area contributed by atoms with Crippen molar-refractivity contribution in [2.45, 2.75) is 39.2 Å². The normalized spacial score (nSPS) is 24.0. The first-order valence-electron chi connectivity index (χ1n) is 8.86. The van der Waals surface area contributed by atoms with Crippen LogP contribution < -0.4 is 10.2 Å². The highest BCUT2D eigenvalue weighted by Gasteiger charge is 2.42. The van der Waals surface area contributed by atoms with E-state index in [0.29, 0.717) is 13.0 Å². The van der Waals surface area contributed by atoms with E-state index in [4.69, 9.17) is 0 Å². The first kappa shape index (κ1) is 17.0. The molecule has 0 bridgehead atoms. The van der Waals surface area contributed by atoms with Gasteiger partial charge in [0.05, 0.1) is 0 Å². The molecule has 2 amide bonds. The number of hydrogen-bond acceptors (Lipinski definition) is 3. The van der Waals surface area contributed by atoms with Crippen molar-refractivity contribution < 1.29 is 9.59 Å². The molecule has 1 aromatic rings. The number of hydrogen-bond donors (Lipinski definition) is 1. The Balaban J connectivity index is 1.73. The average molecular weight is 329 g/mol. The number of nitrogens with zero attached hydrogens (tertiary/aromatic N) is 2. The van der Waals surface area contributed by atoms with Crippen molar-refractivity contribution in [3.05, 3.63) is 29.3 Å². The van der Waals surface area contributed by atoms with E-state index >= 15 is 0 Å². The summed E-state index contributed by atoms with van der Waals surface area (Å²) in [5, 5.41) is 3.15. The minimum absolute atomic E-state index is 0.0177. The van der Waals surface area contributed by atoms with E-state index in [2.05, 4.69) is 19.2 Å². The summed E-state index contributed by atoms with van der Waals surface area (Å²) in [5.74, 6) is -0.536. The molecule has 0 aromatic heterocycles. The second kappa shape index (κ2) is 6.93. The van der Waals surface area contributed by atoms with Crippen molar-refractivity contribution in [2.75, 3.05) is 31.6 Å². The van der Waals surface area contributed by atoms with Crippen molar-refractivity contribution in [1.29, 1.82) is 0 Å². The molecule has 0 saturated carbocycles. The summed E-state index contributed by atoms with van der Waals surface area (Å²) in [7, 11) is 1.91. The van der Waals surface area contributed by atoms with Crippen LogP contribution in [0.5, 0.6) is 0 Å². The molecule has 2 aliphatic heterocycles. The predicted molar refractivity (Wildman–Crippen MR) is 95.0 cm³/mol. The second-order valence-corrected chi connectivity index (χ2v) is 6.99. The quantitative estimate of drug-likeness (QED) is 0.858. The van der Waals surface area contributed by atoms with Crippen LogP contribution >= 0.6 is 0 Å². The number of benzene rings is 1. The molecular formula is C19H27N3O2. The summed E-state index contributed by atoms with van der Waals surface area (Å²) in [4.78, 5) is 29.4. The Hall–Kier alpha value is -1.88. The number of amides is 2. The zero-order chi connectivity index (χ0) is 17.3. The van der Waals surface area contributed by atoms with Gasteiger partial charge in [-0.05, 0) is 63.4 Å². The van der Waals surface area contributed by atoms with Gasteiger partial charge in [0.15, 0.2) is 0 Å². The van der Waals surface area contributed by atoms with Crippen molar-refractivity contribution in [3.8, 4) is 0 Å². The van der Waals surface area contributed by atoms with Gasteiger partial charge in [0, 0.05) is 31.4 Å². The second-order valence-electron chi connectivity index (χ2n) is 6.99. The zero-order valence-corrected chi connectivity index (χ0v) is 14.8. The molecule has 0 spiro atoms. The average Bonchev–Trinajstić information content (AvgIpc) is 3.17. The Labute approximate surface area is 144 Å². The summed E-state index contributed by atoms with van der Waals surface area (Å²) < 4.78 is 0. The summed E-state index contributed by atoms with van der Waals surface area (Å²) in [6.45, 7) is 6.31. The monoisotopic (exact) mass is 329 g/mol.